The molecule has 2 atom stereocenters. The van der Waals surface area contributed by atoms with Gasteiger partial charge in [-0.1, -0.05) is 6.92 Å². The molecule has 1 aliphatic heterocycles. The summed E-state index contributed by atoms with van der Waals surface area (Å²) in [6.45, 7) is 3.09. The van der Waals surface area contributed by atoms with Crippen molar-refractivity contribution in [3.63, 3.8) is 0 Å². The van der Waals surface area contributed by atoms with Gasteiger partial charge in [-0.25, -0.2) is 4.68 Å². The Balaban J connectivity index is 1.80. The van der Waals surface area contributed by atoms with Gasteiger partial charge >= 0.3 is 5.97 Å². The molecule has 1 aromatic heterocycles. The zero-order chi connectivity index (χ0) is 14.4. The summed E-state index contributed by atoms with van der Waals surface area (Å²) in [4.78, 5) is 10.8. The number of aryl methyl sites for hydroxylation is 2. The Morgan fingerprint density at radius 2 is 2.40 bits per heavy atom. The molecule has 7 heteroatoms. The second-order valence-corrected chi connectivity index (χ2v) is 5.37. The van der Waals surface area contributed by atoms with E-state index in [9.17, 15) is 4.79 Å². The standard InChI is InChI=1S/C13H22N4O3/c1-10(13(18)19)7-8-17-12(14-15-16-17)6-5-11-4-2-3-9-20-11/h10-11H,2-9H2,1H3,(H,18,19). The highest BCUT2D eigenvalue weighted by Crippen LogP contribution is 2.17. The van der Waals surface area contributed by atoms with Crippen LogP contribution in [0.1, 0.15) is 44.9 Å². The second kappa shape index (κ2) is 7.33. The number of ether oxygens (including phenoxy) is 1. The van der Waals surface area contributed by atoms with E-state index in [4.69, 9.17) is 9.84 Å². The van der Waals surface area contributed by atoms with Crippen LogP contribution in [0.2, 0.25) is 0 Å². The summed E-state index contributed by atoms with van der Waals surface area (Å²) in [6.07, 6.45) is 6.04. The molecule has 112 valence electrons. The molecule has 1 saturated heterocycles. The molecule has 0 bridgehead atoms. The van der Waals surface area contributed by atoms with Gasteiger partial charge in [-0.3, -0.25) is 4.79 Å². The topological polar surface area (TPSA) is 90.1 Å². The number of rotatable bonds is 7. The first kappa shape index (κ1) is 14.9. The van der Waals surface area contributed by atoms with E-state index in [0.29, 0.717) is 19.1 Å². The van der Waals surface area contributed by atoms with Crippen LogP contribution in [0, 0.1) is 5.92 Å². The van der Waals surface area contributed by atoms with Crippen LogP contribution in [0.15, 0.2) is 0 Å². The molecule has 1 fully saturated rings. The maximum absolute atomic E-state index is 10.8. The van der Waals surface area contributed by atoms with Crippen LogP contribution < -0.4 is 0 Å². The lowest BCUT2D eigenvalue weighted by atomic mass is 10.0. The molecule has 0 aromatic carbocycles. The number of tetrazole rings is 1. The van der Waals surface area contributed by atoms with Gasteiger partial charge in [-0.2, -0.15) is 0 Å². The summed E-state index contributed by atoms with van der Waals surface area (Å²) >= 11 is 0. The van der Waals surface area contributed by atoms with E-state index in [1.807, 2.05) is 0 Å². The molecule has 0 radical (unpaired) electrons. The van der Waals surface area contributed by atoms with Crippen molar-refractivity contribution >= 4 is 5.97 Å². The molecule has 0 aliphatic carbocycles. The Morgan fingerprint density at radius 1 is 1.55 bits per heavy atom. The number of nitrogens with zero attached hydrogens (tertiary/aromatic N) is 4. The highest BCUT2D eigenvalue weighted by atomic mass is 16.5. The SMILES string of the molecule is CC(CCn1nnnc1CCC1CCCCO1)C(=O)O. The molecule has 0 amide bonds. The highest BCUT2D eigenvalue weighted by Gasteiger charge is 2.17. The summed E-state index contributed by atoms with van der Waals surface area (Å²) in [7, 11) is 0. The summed E-state index contributed by atoms with van der Waals surface area (Å²) in [5.41, 5.74) is 0. The summed E-state index contributed by atoms with van der Waals surface area (Å²) < 4.78 is 7.40. The molecule has 7 nitrogen and oxygen atoms in total. The van der Waals surface area contributed by atoms with Crippen LogP contribution in [0.4, 0.5) is 0 Å². The van der Waals surface area contributed by atoms with Gasteiger partial charge in [-0.05, 0) is 42.5 Å². The smallest absolute Gasteiger partial charge is 0.306 e. The molecule has 2 unspecified atom stereocenters. The molecule has 0 spiro atoms. The Kier molecular flexibility index (Phi) is 5.46. The molecule has 2 rings (SSSR count). The number of carbonyl (C=O) groups is 1. The van der Waals surface area contributed by atoms with Crippen LogP contribution in [-0.2, 0) is 22.5 Å². The molecular weight excluding hydrogens is 260 g/mol. The number of hydrogen-bond acceptors (Lipinski definition) is 5. The molecule has 1 aliphatic rings. The molecule has 0 saturated carbocycles. The van der Waals surface area contributed by atoms with E-state index < -0.39 is 5.97 Å². The molecule has 2 heterocycles. The van der Waals surface area contributed by atoms with Crippen molar-refractivity contribution in [1.82, 2.24) is 20.2 Å². The number of carboxylic acid groups (broad SMARTS) is 1. The van der Waals surface area contributed by atoms with Gasteiger partial charge in [0.25, 0.3) is 0 Å². The van der Waals surface area contributed by atoms with Crippen molar-refractivity contribution in [2.45, 2.75) is 58.1 Å². The van der Waals surface area contributed by atoms with Crippen LogP contribution >= 0.6 is 0 Å². The van der Waals surface area contributed by atoms with Crippen molar-refractivity contribution in [1.29, 1.82) is 0 Å². The third kappa shape index (κ3) is 4.26. The molecular formula is C13H22N4O3. The van der Waals surface area contributed by atoms with Gasteiger partial charge in [0.15, 0.2) is 5.82 Å². The third-order valence-electron chi connectivity index (χ3n) is 3.77. The fraction of sp³-hybridized carbons (Fsp3) is 0.846. The first-order chi connectivity index (χ1) is 9.66. The van der Waals surface area contributed by atoms with Crippen LogP contribution in [0.3, 0.4) is 0 Å². The van der Waals surface area contributed by atoms with Gasteiger partial charge in [-0.15, -0.1) is 5.10 Å². The zero-order valence-corrected chi connectivity index (χ0v) is 11.9. The van der Waals surface area contributed by atoms with Crippen molar-refractivity contribution in [2.75, 3.05) is 6.61 Å². The normalized spacial score (nSPS) is 20.8. The average Bonchev–Trinajstić information content (AvgIpc) is 2.91. The Labute approximate surface area is 118 Å². The van der Waals surface area contributed by atoms with Crippen LogP contribution in [-0.4, -0.2) is 44.0 Å². The lowest BCUT2D eigenvalue weighted by molar-refractivity contribution is -0.141. The summed E-state index contributed by atoms with van der Waals surface area (Å²) in [6, 6.07) is 0. The molecule has 1 aromatic rings. The average molecular weight is 282 g/mol. The minimum Gasteiger partial charge on any atom is -0.481 e. The van der Waals surface area contributed by atoms with Crippen LogP contribution in [0.5, 0.6) is 0 Å². The number of carboxylic acids is 1. The first-order valence-corrected chi connectivity index (χ1v) is 7.26. The summed E-state index contributed by atoms with van der Waals surface area (Å²) in [5.74, 6) is -0.347. The predicted molar refractivity (Wildman–Crippen MR) is 71.1 cm³/mol. The minimum absolute atomic E-state index is 0.312. The van der Waals surface area contributed by atoms with E-state index in [0.717, 1.165) is 38.1 Å². The first-order valence-electron chi connectivity index (χ1n) is 7.26. The fourth-order valence-corrected chi connectivity index (χ4v) is 2.34. The van der Waals surface area contributed by atoms with Gasteiger partial charge in [0.1, 0.15) is 0 Å². The fourth-order valence-electron chi connectivity index (χ4n) is 2.34. The van der Waals surface area contributed by atoms with Crippen molar-refractivity contribution in [3.8, 4) is 0 Å². The lowest BCUT2D eigenvalue weighted by Gasteiger charge is -2.22. The number of aromatic nitrogens is 4. The van der Waals surface area contributed by atoms with Gasteiger partial charge in [0, 0.05) is 19.6 Å². The number of hydrogen-bond donors (Lipinski definition) is 1. The Bertz CT molecular complexity index is 429. The molecule has 1 N–H and O–H groups in total. The second-order valence-electron chi connectivity index (χ2n) is 5.37. The quantitative estimate of drug-likeness (QED) is 0.810. The lowest BCUT2D eigenvalue weighted by Crippen LogP contribution is -2.20. The van der Waals surface area contributed by atoms with E-state index in [1.54, 1.807) is 11.6 Å². The van der Waals surface area contributed by atoms with Gasteiger partial charge in [0.05, 0.1) is 12.0 Å². The highest BCUT2D eigenvalue weighted by molar-refractivity contribution is 5.69. The van der Waals surface area contributed by atoms with Crippen molar-refractivity contribution in [2.24, 2.45) is 5.92 Å². The zero-order valence-electron chi connectivity index (χ0n) is 11.9. The maximum Gasteiger partial charge on any atom is 0.306 e. The summed E-state index contributed by atoms with van der Waals surface area (Å²) in [5, 5.41) is 20.5. The Hall–Kier alpha value is -1.50. The third-order valence-corrected chi connectivity index (χ3v) is 3.77. The predicted octanol–water partition coefficient (Wildman–Crippen LogP) is 1.29. The maximum atomic E-state index is 10.8. The van der Waals surface area contributed by atoms with Gasteiger partial charge < -0.3 is 9.84 Å². The largest absolute Gasteiger partial charge is 0.481 e. The van der Waals surface area contributed by atoms with Gasteiger partial charge in [0.2, 0.25) is 0 Å². The van der Waals surface area contributed by atoms with E-state index in [2.05, 4.69) is 15.5 Å². The van der Waals surface area contributed by atoms with E-state index in [-0.39, 0.29) is 5.92 Å². The van der Waals surface area contributed by atoms with E-state index in [1.165, 1.54) is 6.42 Å². The Morgan fingerprint density at radius 3 is 3.10 bits per heavy atom. The van der Waals surface area contributed by atoms with Crippen LogP contribution in [0.25, 0.3) is 0 Å². The monoisotopic (exact) mass is 282 g/mol. The minimum atomic E-state index is -0.782. The number of aliphatic carboxylic acids is 1. The van der Waals surface area contributed by atoms with Crippen molar-refractivity contribution < 1.29 is 14.6 Å². The van der Waals surface area contributed by atoms with E-state index >= 15 is 0 Å². The molecule has 20 heavy (non-hydrogen) atoms. The van der Waals surface area contributed by atoms with Crippen molar-refractivity contribution in [3.05, 3.63) is 5.82 Å².